The summed E-state index contributed by atoms with van der Waals surface area (Å²) in [5, 5.41) is 0. The second-order valence-corrected chi connectivity index (χ2v) is 8.00. The van der Waals surface area contributed by atoms with Crippen LogP contribution < -0.4 is 8.61 Å². The van der Waals surface area contributed by atoms with Gasteiger partial charge in [-0.1, -0.05) is 12.1 Å². The number of hydrogen-bond donors (Lipinski definition) is 0. The minimum absolute atomic E-state index is 0.109. The van der Waals surface area contributed by atoms with Crippen LogP contribution in [0, 0.1) is 0 Å². The first-order valence-corrected chi connectivity index (χ1v) is 9.23. The van der Waals surface area contributed by atoms with Gasteiger partial charge >= 0.3 is 16.4 Å². The molecule has 0 aromatic heterocycles. The minimum Gasteiger partial charge on any atom is -0.342 e. The Balaban J connectivity index is 1.74. The molecule has 1 amide bonds. The predicted octanol–water partition coefficient (Wildman–Crippen LogP) is 2.13. The Morgan fingerprint density at radius 3 is 2.28 bits per heavy atom. The van der Waals surface area contributed by atoms with Crippen molar-refractivity contribution >= 4 is 27.5 Å². The number of nitrogens with zero attached hydrogens (tertiary/aromatic N) is 3. The smallest absolute Gasteiger partial charge is 0.342 e. The number of amides is 1. The fourth-order valence-corrected chi connectivity index (χ4v) is 4.97. The number of hydrogen-bond acceptors (Lipinski definition) is 3. The first-order valence-electron chi connectivity index (χ1n) is 7.83. The van der Waals surface area contributed by atoms with Gasteiger partial charge in [0.05, 0.1) is 17.4 Å². The first-order chi connectivity index (χ1) is 11.6. The van der Waals surface area contributed by atoms with Crippen molar-refractivity contribution in [3.8, 4) is 0 Å². The molecule has 2 aliphatic heterocycles. The van der Waals surface area contributed by atoms with Gasteiger partial charge in [-0.05, 0) is 25.0 Å². The molecular formula is C15H18F3N3O3S. The second kappa shape index (κ2) is 6.08. The van der Waals surface area contributed by atoms with Gasteiger partial charge in [0, 0.05) is 20.1 Å². The number of alkyl halides is 3. The van der Waals surface area contributed by atoms with Crippen LogP contribution >= 0.6 is 0 Å². The minimum atomic E-state index is -4.53. The molecule has 0 spiro atoms. The third-order valence-electron chi connectivity index (χ3n) is 4.55. The molecule has 0 unspecified atom stereocenters. The van der Waals surface area contributed by atoms with Crippen molar-refractivity contribution in [1.82, 2.24) is 4.90 Å². The topological polar surface area (TPSA) is 60.9 Å². The van der Waals surface area contributed by atoms with Crippen molar-refractivity contribution in [2.75, 3.05) is 28.7 Å². The van der Waals surface area contributed by atoms with Crippen LogP contribution in [-0.4, -0.2) is 51.6 Å². The Hall–Kier alpha value is -1.97. The number of benzene rings is 1. The summed E-state index contributed by atoms with van der Waals surface area (Å²) in [6.07, 6.45) is -5.42. The number of halogens is 3. The van der Waals surface area contributed by atoms with Crippen LogP contribution in [0.4, 0.5) is 24.5 Å². The molecule has 0 N–H and O–H groups in total. The lowest BCUT2D eigenvalue weighted by Gasteiger charge is -2.37. The highest BCUT2D eigenvalue weighted by atomic mass is 32.2. The van der Waals surface area contributed by atoms with Crippen LogP contribution in [0.1, 0.15) is 19.3 Å². The van der Waals surface area contributed by atoms with E-state index in [2.05, 4.69) is 0 Å². The Morgan fingerprint density at radius 2 is 1.72 bits per heavy atom. The highest BCUT2D eigenvalue weighted by Gasteiger charge is 2.43. The van der Waals surface area contributed by atoms with Crippen molar-refractivity contribution in [3.63, 3.8) is 0 Å². The van der Waals surface area contributed by atoms with E-state index in [9.17, 15) is 26.4 Å². The van der Waals surface area contributed by atoms with Gasteiger partial charge in [-0.15, -0.1) is 0 Å². The van der Waals surface area contributed by atoms with Gasteiger partial charge < -0.3 is 4.90 Å². The molecule has 1 aromatic carbocycles. The van der Waals surface area contributed by atoms with Gasteiger partial charge in [0.1, 0.15) is 6.42 Å². The third kappa shape index (κ3) is 3.26. The Kier molecular flexibility index (Phi) is 4.34. The molecule has 25 heavy (non-hydrogen) atoms. The van der Waals surface area contributed by atoms with Crippen molar-refractivity contribution < 1.29 is 26.4 Å². The van der Waals surface area contributed by atoms with Gasteiger partial charge in [0.2, 0.25) is 5.91 Å². The summed E-state index contributed by atoms with van der Waals surface area (Å²) >= 11 is 0. The number of rotatable bonds is 2. The summed E-state index contributed by atoms with van der Waals surface area (Å²) in [5.74, 6) is -0.965. The van der Waals surface area contributed by atoms with E-state index in [0.717, 1.165) is 4.90 Å². The lowest BCUT2D eigenvalue weighted by Crippen LogP contribution is -2.50. The molecule has 2 aliphatic rings. The Morgan fingerprint density at radius 1 is 1.16 bits per heavy atom. The number of likely N-dealkylation sites (tertiary alicyclic amines) is 1. The van der Waals surface area contributed by atoms with E-state index in [4.69, 9.17) is 0 Å². The largest absolute Gasteiger partial charge is 0.397 e. The zero-order valence-electron chi connectivity index (χ0n) is 13.5. The maximum atomic E-state index is 12.7. The molecule has 0 aliphatic carbocycles. The predicted molar refractivity (Wildman–Crippen MR) is 86.5 cm³/mol. The standard InChI is InChI=1S/C15H18F3N3O3S/c1-19-12-4-2-3-5-13(12)21(25(19,23)24)11-6-8-20(9-7-11)14(22)10-15(16,17)18/h2-5,11H,6-10H2,1H3. The van der Waals surface area contributed by atoms with Gasteiger partial charge in [-0.3, -0.25) is 9.10 Å². The molecule has 1 fully saturated rings. The molecule has 0 radical (unpaired) electrons. The fraction of sp³-hybridized carbons (Fsp3) is 0.533. The van der Waals surface area contributed by atoms with Crippen LogP contribution in [0.25, 0.3) is 0 Å². The number of anilines is 2. The lowest BCUT2D eigenvalue weighted by atomic mass is 10.0. The van der Waals surface area contributed by atoms with E-state index in [1.165, 1.54) is 15.7 Å². The van der Waals surface area contributed by atoms with Gasteiger partial charge in [-0.2, -0.15) is 21.6 Å². The van der Waals surface area contributed by atoms with E-state index in [1.807, 2.05) is 0 Å². The van der Waals surface area contributed by atoms with Crippen LogP contribution in [0.3, 0.4) is 0 Å². The molecule has 1 aromatic rings. The highest BCUT2D eigenvalue weighted by molar-refractivity contribution is 7.94. The number of piperidine rings is 1. The first kappa shape index (κ1) is 17.8. The quantitative estimate of drug-likeness (QED) is 0.793. The number of para-hydroxylation sites is 2. The molecule has 10 heteroatoms. The van der Waals surface area contributed by atoms with Crippen LogP contribution in [-0.2, 0) is 15.0 Å². The monoisotopic (exact) mass is 377 g/mol. The van der Waals surface area contributed by atoms with Crippen LogP contribution in [0.5, 0.6) is 0 Å². The summed E-state index contributed by atoms with van der Waals surface area (Å²) in [4.78, 5) is 12.8. The molecule has 3 rings (SSSR count). The summed E-state index contributed by atoms with van der Waals surface area (Å²) in [7, 11) is -2.24. The number of carbonyl (C=O) groups is 1. The summed E-state index contributed by atoms with van der Waals surface area (Å²) < 4.78 is 64.9. The highest BCUT2D eigenvalue weighted by Crippen LogP contribution is 2.42. The molecule has 0 bridgehead atoms. The maximum Gasteiger partial charge on any atom is 0.397 e. The van der Waals surface area contributed by atoms with E-state index >= 15 is 0 Å². The summed E-state index contributed by atoms with van der Waals surface area (Å²) in [5.41, 5.74) is 1.13. The van der Waals surface area contributed by atoms with Crippen molar-refractivity contribution in [2.24, 2.45) is 0 Å². The zero-order valence-corrected chi connectivity index (χ0v) is 14.3. The van der Waals surface area contributed by atoms with Crippen molar-refractivity contribution in [1.29, 1.82) is 0 Å². The Labute approximate surface area is 144 Å². The normalized spacial score (nSPS) is 20.7. The molecular weight excluding hydrogens is 359 g/mol. The van der Waals surface area contributed by atoms with E-state index in [1.54, 1.807) is 24.3 Å². The van der Waals surface area contributed by atoms with Gasteiger partial charge in [0.15, 0.2) is 0 Å². The van der Waals surface area contributed by atoms with Crippen molar-refractivity contribution in [3.05, 3.63) is 24.3 Å². The summed E-state index contributed by atoms with van der Waals surface area (Å²) in [6.45, 7) is 0.217. The van der Waals surface area contributed by atoms with Gasteiger partial charge in [0.25, 0.3) is 0 Å². The fourth-order valence-electron chi connectivity index (χ4n) is 3.32. The Bertz CT molecular complexity index is 774. The van der Waals surface area contributed by atoms with Crippen molar-refractivity contribution in [2.45, 2.75) is 31.5 Å². The summed E-state index contributed by atoms with van der Waals surface area (Å²) in [6, 6.07) is 6.51. The number of fused-ring (bicyclic) bond motifs is 1. The van der Waals surface area contributed by atoms with E-state index in [0.29, 0.717) is 24.2 Å². The molecule has 0 saturated carbocycles. The van der Waals surface area contributed by atoms with Crippen LogP contribution in [0.2, 0.25) is 0 Å². The zero-order chi connectivity index (χ0) is 18.4. The molecule has 138 valence electrons. The number of carbonyl (C=O) groups excluding carboxylic acids is 1. The van der Waals surface area contributed by atoms with Crippen LogP contribution in [0.15, 0.2) is 24.3 Å². The molecule has 0 atom stereocenters. The average Bonchev–Trinajstić information content (AvgIpc) is 2.73. The SMILES string of the molecule is CN1c2ccccc2N(C2CCN(C(=O)CC(F)(F)F)CC2)S1(=O)=O. The average molecular weight is 377 g/mol. The third-order valence-corrected chi connectivity index (χ3v) is 6.43. The maximum absolute atomic E-state index is 12.7. The molecule has 1 saturated heterocycles. The molecule has 6 nitrogen and oxygen atoms in total. The van der Waals surface area contributed by atoms with E-state index in [-0.39, 0.29) is 19.1 Å². The van der Waals surface area contributed by atoms with E-state index < -0.39 is 28.7 Å². The molecule has 2 heterocycles. The lowest BCUT2D eigenvalue weighted by molar-refractivity contribution is -0.162. The second-order valence-electron chi connectivity index (χ2n) is 6.16. The van der Waals surface area contributed by atoms with Gasteiger partial charge in [-0.25, -0.2) is 4.31 Å².